The Morgan fingerprint density at radius 2 is 1.78 bits per heavy atom. The third kappa shape index (κ3) is 3.98. The first-order valence-electron chi connectivity index (χ1n) is 7.02. The highest BCUT2D eigenvalue weighted by molar-refractivity contribution is 8.00. The Morgan fingerprint density at radius 1 is 1.13 bits per heavy atom. The maximum absolute atomic E-state index is 14.1. The van der Waals surface area contributed by atoms with E-state index in [1.165, 1.54) is 30.3 Å². The van der Waals surface area contributed by atoms with Crippen molar-refractivity contribution < 1.29 is 17.2 Å². The number of rotatable bonds is 5. The molecule has 2 aromatic carbocycles. The summed E-state index contributed by atoms with van der Waals surface area (Å²) in [5, 5.41) is 0.389. The Balaban J connectivity index is 2.63. The molecular weight excluding hydrogens is 342 g/mol. The lowest BCUT2D eigenvalue weighted by atomic mass is 10.1. The zero-order chi connectivity index (χ0) is 17.0. The molecule has 0 unspecified atom stereocenters. The first kappa shape index (κ1) is 17.6. The zero-order valence-corrected chi connectivity index (χ0v) is 14.0. The topological polar surface area (TPSA) is 34.1 Å². The monoisotopic (exact) mass is 356 g/mol. The molecule has 6 heteroatoms. The average Bonchev–Trinajstić information content (AvgIpc) is 2.51. The zero-order valence-electron chi connectivity index (χ0n) is 12.4. The van der Waals surface area contributed by atoms with Crippen LogP contribution in [0.3, 0.4) is 0 Å². The summed E-state index contributed by atoms with van der Waals surface area (Å²) >= 11 is 5.77. The summed E-state index contributed by atoms with van der Waals surface area (Å²) in [6.07, 6.45) is 2.52. The van der Waals surface area contributed by atoms with Crippen LogP contribution in [0.5, 0.6) is 0 Å². The maximum Gasteiger partial charge on any atom is 0.206 e. The summed E-state index contributed by atoms with van der Waals surface area (Å²) in [4.78, 5) is -0.258. The molecular formula is C17H15ClF2O2S. The molecule has 0 saturated heterocycles. The summed E-state index contributed by atoms with van der Waals surface area (Å²) in [6, 6.07) is 8.32. The molecule has 2 aromatic rings. The van der Waals surface area contributed by atoms with E-state index in [4.69, 9.17) is 11.6 Å². The Hall–Kier alpha value is -1.72. The number of unbranched alkanes of at least 4 members (excludes halogenated alkanes) is 1. The molecule has 0 aliphatic carbocycles. The van der Waals surface area contributed by atoms with Crippen molar-refractivity contribution in [3.05, 3.63) is 70.8 Å². The number of benzene rings is 2. The SMILES string of the molecule is CCC/C=C(/c1cc(F)ccc1F)S(=O)(=O)c1ccc(Cl)cc1. The van der Waals surface area contributed by atoms with Crippen molar-refractivity contribution in [1.82, 2.24) is 0 Å². The van der Waals surface area contributed by atoms with Gasteiger partial charge in [0.15, 0.2) is 0 Å². The number of hydrogen-bond acceptors (Lipinski definition) is 2. The first-order chi connectivity index (χ1) is 10.9. The van der Waals surface area contributed by atoms with Crippen LogP contribution in [0, 0.1) is 11.6 Å². The van der Waals surface area contributed by atoms with Crippen molar-refractivity contribution in [2.75, 3.05) is 0 Å². The van der Waals surface area contributed by atoms with Gasteiger partial charge in [-0.05, 0) is 48.9 Å². The summed E-state index contributed by atoms with van der Waals surface area (Å²) in [6.45, 7) is 1.87. The normalized spacial score (nSPS) is 12.4. The Labute approximate surface area is 139 Å². The highest BCUT2D eigenvalue weighted by Crippen LogP contribution is 2.31. The predicted molar refractivity (Wildman–Crippen MR) is 87.9 cm³/mol. The molecule has 122 valence electrons. The minimum absolute atomic E-state index is 0.0204. The van der Waals surface area contributed by atoms with Gasteiger partial charge in [-0.1, -0.05) is 31.0 Å². The Morgan fingerprint density at radius 3 is 2.39 bits per heavy atom. The number of halogens is 3. The van der Waals surface area contributed by atoms with Gasteiger partial charge in [-0.2, -0.15) is 0 Å². The van der Waals surface area contributed by atoms with Gasteiger partial charge in [0.25, 0.3) is 0 Å². The Kier molecular flexibility index (Phi) is 5.55. The van der Waals surface area contributed by atoms with Crippen LogP contribution in [0.15, 0.2) is 53.4 Å². The second kappa shape index (κ2) is 7.23. The third-order valence-electron chi connectivity index (χ3n) is 3.23. The van der Waals surface area contributed by atoms with Crippen molar-refractivity contribution >= 4 is 26.3 Å². The van der Waals surface area contributed by atoms with Gasteiger partial charge >= 0.3 is 0 Å². The molecule has 0 spiro atoms. The van der Waals surface area contributed by atoms with Crippen LogP contribution >= 0.6 is 11.6 Å². The van der Waals surface area contributed by atoms with Gasteiger partial charge in [0.05, 0.1) is 9.80 Å². The van der Waals surface area contributed by atoms with E-state index in [1.54, 1.807) is 0 Å². The van der Waals surface area contributed by atoms with Crippen molar-refractivity contribution in [3.8, 4) is 0 Å². The van der Waals surface area contributed by atoms with Crippen molar-refractivity contribution in [3.63, 3.8) is 0 Å². The molecule has 0 amide bonds. The second-order valence-electron chi connectivity index (χ2n) is 4.94. The smallest absolute Gasteiger partial charge is 0.206 e. The van der Waals surface area contributed by atoms with Gasteiger partial charge < -0.3 is 0 Å². The highest BCUT2D eigenvalue weighted by atomic mass is 35.5. The van der Waals surface area contributed by atoms with Gasteiger partial charge in [-0.3, -0.25) is 0 Å². The van der Waals surface area contributed by atoms with Crippen LogP contribution in [0.25, 0.3) is 4.91 Å². The van der Waals surface area contributed by atoms with Gasteiger partial charge in [0, 0.05) is 10.6 Å². The molecule has 0 aliphatic rings. The van der Waals surface area contributed by atoms with Crippen LogP contribution in [0.2, 0.25) is 5.02 Å². The molecule has 23 heavy (non-hydrogen) atoms. The molecule has 0 saturated carbocycles. The lowest BCUT2D eigenvalue weighted by molar-refractivity contribution is 0.594. The standard InChI is InChI=1S/C17H15ClF2O2S/c1-2-3-4-17(15-11-13(19)7-10-16(15)20)23(21,22)14-8-5-12(18)6-9-14/h4-11H,2-3H2,1H3/b17-4-. The molecule has 2 nitrogen and oxygen atoms in total. The van der Waals surface area contributed by atoms with E-state index in [1.807, 2.05) is 6.92 Å². The lowest BCUT2D eigenvalue weighted by Gasteiger charge is -2.11. The molecule has 0 radical (unpaired) electrons. The Bertz CT molecular complexity index is 828. The van der Waals surface area contributed by atoms with Gasteiger partial charge in [0.1, 0.15) is 11.6 Å². The summed E-state index contributed by atoms with van der Waals surface area (Å²) in [5.74, 6) is -1.48. The predicted octanol–water partition coefficient (Wildman–Crippen LogP) is 5.23. The second-order valence-corrected chi connectivity index (χ2v) is 7.29. The molecule has 2 rings (SSSR count). The molecule has 0 atom stereocenters. The average molecular weight is 357 g/mol. The highest BCUT2D eigenvalue weighted by Gasteiger charge is 2.24. The van der Waals surface area contributed by atoms with Gasteiger partial charge in [-0.15, -0.1) is 0 Å². The van der Waals surface area contributed by atoms with Crippen LogP contribution in [0.4, 0.5) is 8.78 Å². The number of sulfone groups is 1. The molecule has 0 N–H and O–H groups in total. The van der Waals surface area contributed by atoms with E-state index in [0.29, 0.717) is 17.9 Å². The summed E-state index contributed by atoms with van der Waals surface area (Å²) in [5.41, 5.74) is -0.270. The fourth-order valence-electron chi connectivity index (χ4n) is 2.07. The van der Waals surface area contributed by atoms with Crippen molar-refractivity contribution in [2.24, 2.45) is 0 Å². The van der Waals surface area contributed by atoms with Crippen LogP contribution < -0.4 is 0 Å². The van der Waals surface area contributed by atoms with Crippen LogP contribution in [0.1, 0.15) is 25.3 Å². The lowest BCUT2D eigenvalue weighted by Crippen LogP contribution is -2.06. The molecule has 0 heterocycles. The summed E-state index contributed by atoms with van der Waals surface area (Å²) < 4.78 is 53.2. The molecule has 0 fully saturated rings. The van der Waals surface area contributed by atoms with E-state index in [2.05, 4.69) is 0 Å². The minimum Gasteiger partial charge on any atom is -0.219 e. The van der Waals surface area contributed by atoms with E-state index in [-0.39, 0.29) is 15.4 Å². The summed E-state index contributed by atoms with van der Waals surface area (Å²) in [7, 11) is -3.99. The number of hydrogen-bond donors (Lipinski definition) is 0. The van der Waals surface area contributed by atoms with Crippen LogP contribution in [-0.4, -0.2) is 8.42 Å². The molecule has 0 bridgehead atoms. The van der Waals surface area contributed by atoms with Crippen molar-refractivity contribution in [1.29, 1.82) is 0 Å². The quantitative estimate of drug-likeness (QED) is 0.734. The van der Waals surface area contributed by atoms with Crippen LogP contribution in [-0.2, 0) is 9.84 Å². The van der Waals surface area contributed by atoms with E-state index in [9.17, 15) is 17.2 Å². The first-order valence-corrected chi connectivity index (χ1v) is 8.88. The van der Waals surface area contributed by atoms with Gasteiger partial charge in [-0.25, -0.2) is 17.2 Å². The fourth-order valence-corrected chi connectivity index (χ4v) is 3.72. The van der Waals surface area contributed by atoms with E-state index in [0.717, 1.165) is 18.2 Å². The minimum atomic E-state index is -3.99. The molecule has 0 aromatic heterocycles. The number of allylic oxidation sites excluding steroid dienone is 1. The maximum atomic E-state index is 14.1. The van der Waals surface area contributed by atoms with E-state index >= 15 is 0 Å². The van der Waals surface area contributed by atoms with Gasteiger partial charge in [0.2, 0.25) is 9.84 Å². The largest absolute Gasteiger partial charge is 0.219 e. The third-order valence-corrected chi connectivity index (χ3v) is 5.34. The molecule has 0 aliphatic heterocycles. The van der Waals surface area contributed by atoms with Crippen molar-refractivity contribution in [2.45, 2.75) is 24.7 Å². The van der Waals surface area contributed by atoms with E-state index < -0.39 is 21.5 Å². The fraction of sp³-hybridized carbons (Fsp3) is 0.176.